The molecule has 72 valence electrons. The first kappa shape index (κ1) is 10.6. The molecular formula is C8H12ClN3S. The molecule has 1 atom stereocenters. The summed E-state index contributed by atoms with van der Waals surface area (Å²) in [7, 11) is 1.83. The van der Waals surface area contributed by atoms with Crippen molar-refractivity contribution in [3.8, 4) is 0 Å². The normalized spacial score (nSPS) is 12.6. The summed E-state index contributed by atoms with van der Waals surface area (Å²) in [6, 6.07) is 0. The highest BCUT2D eigenvalue weighted by molar-refractivity contribution is 7.98. The first-order valence-electron chi connectivity index (χ1n) is 3.91. The van der Waals surface area contributed by atoms with Crippen LogP contribution in [0.5, 0.6) is 0 Å². The van der Waals surface area contributed by atoms with Gasteiger partial charge in [0.05, 0.1) is 5.38 Å². The zero-order valence-electron chi connectivity index (χ0n) is 7.84. The van der Waals surface area contributed by atoms with Crippen molar-refractivity contribution in [2.45, 2.75) is 17.5 Å². The van der Waals surface area contributed by atoms with Gasteiger partial charge in [-0.25, -0.2) is 9.97 Å². The van der Waals surface area contributed by atoms with Gasteiger partial charge in [0.2, 0.25) is 0 Å². The average molecular weight is 218 g/mol. The molecule has 0 aliphatic carbocycles. The monoisotopic (exact) mass is 217 g/mol. The second-order valence-electron chi connectivity index (χ2n) is 2.53. The van der Waals surface area contributed by atoms with E-state index in [1.54, 1.807) is 6.20 Å². The first-order chi connectivity index (χ1) is 6.19. The molecule has 3 nitrogen and oxygen atoms in total. The van der Waals surface area contributed by atoms with Gasteiger partial charge >= 0.3 is 0 Å². The van der Waals surface area contributed by atoms with Gasteiger partial charge in [-0.2, -0.15) is 0 Å². The Hall–Kier alpha value is -0.480. The number of hydrogen-bond acceptors (Lipinski definition) is 4. The Morgan fingerprint density at radius 3 is 2.77 bits per heavy atom. The summed E-state index contributed by atoms with van der Waals surface area (Å²) in [6.07, 6.45) is 3.71. The molecule has 0 spiro atoms. The Morgan fingerprint density at radius 2 is 2.31 bits per heavy atom. The third-order valence-corrected chi connectivity index (χ3v) is 2.44. The lowest BCUT2D eigenvalue weighted by molar-refractivity contribution is 0.920. The van der Waals surface area contributed by atoms with E-state index in [0.29, 0.717) is 0 Å². The van der Waals surface area contributed by atoms with Gasteiger partial charge in [-0.15, -0.1) is 11.6 Å². The molecular weight excluding hydrogens is 206 g/mol. The fourth-order valence-corrected chi connectivity index (χ4v) is 1.47. The number of alkyl halides is 1. The van der Waals surface area contributed by atoms with E-state index in [1.807, 2.05) is 20.2 Å². The Bertz CT molecular complexity index is 291. The second-order valence-corrected chi connectivity index (χ2v) is 3.95. The highest BCUT2D eigenvalue weighted by Gasteiger charge is 2.09. The van der Waals surface area contributed by atoms with Crippen molar-refractivity contribution in [3.05, 3.63) is 11.8 Å². The van der Waals surface area contributed by atoms with E-state index < -0.39 is 0 Å². The fourth-order valence-electron chi connectivity index (χ4n) is 0.965. The maximum absolute atomic E-state index is 5.96. The highest BCUT2D eigenvalue weighted by Crippen LogP contribution is 2.26. The fraction of sp³-hybridized carbons (Fsp3) is 0.500. The van der Waals surface area contributed by atoms with Crippen LogP contribution in [0.1, 0.15) is 17.9 Å². The Balaban J connectivity index is 3.08. The summed E-state index contributed by atoms with van der Waals surface area (Å²) in [4.78, 5) is 8.44. The lowest BCUT2D eigenvalue weighted by Gasteiger charge is -2.09. The minimum atomic E-state index is -0.0710. The van der Waals surface area contributed by atoms with Gasteiger partial charge in [0.15, 0.2) is 5.16 Å². The summed E-state index contributed by atoms with van der Waals surface area (Å²) >= 11 is 7.47. The van der Waals surface area contributed by atoms with Crippen molar-refractivity contribution in [2.75, 3.05) is 18.6 Å². The zero-order chi connectivity index (χ0) is 9.84. The van der Waals surface area contributed by atoms with E-state index in [2.05, 4.69) is 15.3 Å². The van der Waals surface area contributed by atoms with Crippen LogP contribution in [0, 0.1) is 0 Å². The molecule has 0 aliphatic rings. The van der Waals surface area contributed by atoms with Crippen LogP contribution < -0.4 is 5.32 Å². The number of nitrogens with one attached hydrogen (secondary N) is 1. The molecule has 1 N–H and O–H groups in total. The van der Waals surface area contributed by atoms with Crippen LogP contribution in [-0.4, -0.2) is 23.3 Å². The standard InChI is InChI=1S/C8H12ClN3S/c1-5(9)6-4-11-8(13-3)12-7(6)10-2/h4-5H,1-3H3,(H,10,11,12). The Labute approximate surface area is 87.3 Å². The van der Waals surface area contributed by atoms with E-state index >= 15 is 0 Å². The van der Waals surface area contributed by atoms with Crippen LogP contribution in [0.4, 0.5) is 5.82 Å². The van der Waals surface area contributed by atoms with E-state index in [0.717, 1.165) is 16.5 Å². The van der Waals surface area contributed by atoms with Crippen molar-refractivity contribution in [1.29, 1.82) is 0 Å². The van der Waals surface area contributed by atoms with Crippen LogP contribution in [0.2, 0.25) is 0 Å². The van der Waals surface area contributed by atoms with Gasteiger partial charge < -0.3 is 5.32 Å². The molecule has 1 aromatic heterocycles. The molecule has 1 rings (SSSR count). The number of hydrogen-bond donors (Lipinski definition) is 1. The molecule has 0 bridgehead atoms. The van der Waals surface area contributed by atoms with Crippen LogP contribution in [-0.2, 0) is 0 Å². The molecule has 0 aliphatic heterocycles. The van der Waals surface area contributed by atoms with Gasteiger partial charge in [-0.05, 0) is 13.2 Å². The second kappa shape index (κ2) is 4.67. The van der Waals surface area contributed by atoms with Crippen molar-refractivity contribution in [2.24, 2.45) is 0 Å². The van der Waals surface area contributed by atoms with Gasteiger partial charge in [0.25, 0.3) is 0 Å². The molecule has 0 aromatic carbocycles. The SMILES string of the molecule is CNc1nc(SC)ncc1C(C)Cl. The molecule has 0 saturated heterocycles. The summed E-state index contributed by atoms with van der Waals surface area (Å²) in [5.41, 5.74) is 0.932. The maximum atomic E-state index is 5.96. The van der Waals surface area contributed by atoms with Gasteiger partial charge in [0.1, 0.15) is 5.82 Å². The van der Waals surface area contributed by atoms with E-state index in [-0.39, 0.29) is 5.38 Å². The number of thioether (sulfide) groups is 1. The third kappa shape index (κ3) is 2.48. The van der Waals surface area contributed by atoms with E-state index in [1.165, 1.54) is 11.8 Å². The molecule has 0 radical (unpaired) electrons. The van der Waals surface area contributed by atoms with Crippen molar-refractivity contribution in [1.82, 2.24) is 9.97 Å². The topological polar surface area (TPSA) is 37.8 Å². The lowest BCUT2D eigenvalue weighted by Crippen LogP contribution is -2.01. The molecule has 13 heavy (non-hydrogen) atoms. The number of halogens is 1. The average Bonchev–Trinajstić information content (AvgIpc) is 2.16. The van der Waals surface area contributed by atoms with Crippen LogP contribution in [0.3, 0.4) is 0 Å². The Kier molecular flexibility index (Phi) is 3.81. The van der Waals surface area contributed by atoms with Gasteiger partial charge in [-0.3, -0.25) is 0 Å². The van der Waals surface area contributed by atoms with Crippen LogP contribution in [0.15, 0.2) is 11.4 Å². The smallest absolute Gasteiger partial charge is 0.189 e. The number of nitrogens with zero attached hydrogens (tertiary/aromatic N) is 2. The van der Waals surface area contributed by atoms with Crippen molar-refractivity contribution in [3.63, 3.8) is 0 Å². The molecule has 0 saturated carbocycles. The predicted molar refractivity (Wildman–Crippen MR) is 57.6 cm³/mol. The number of anilines is 1. The van der Waals surface area contributed by atoms with E-state index in [9.17, 15) is 0 Å². The minimum absolute atomic E-state index is 0.0710. The highest BCUT2D eigenvalue weighted by atomic mass is 35.5. The molecule has 5 heteroatoms. The zero-order valence-corrected chi connectivity index (χ0v) is 9.41. The van der Waals surface area contributed by atoms with Gasteiger partial charge in [-0.1, -0.05) is 11.8 Å². The quantitative estimate of drug-likeness (QED) is 0.480. The van der Waals surface area contributed by atoms with E-state index in [4.69, 9.17) is 11.6 Å². The summed E-state index contributed by atoms with van der Waals surface area (Å²) in [5, 5.41) is 3.69. The molecule has 1 heterocycles. The third-order valence-electron chi connectivity index (χ3n) is 1.64. The largest absolute Gasteiger partial charge is 0.373 e. The summed E-state index contributed by atoms with van der Waals surface area (Å²) in [6.45, 7) is 1.90. The molecule has 0 fully saturated rings. The summed E-state index contributed by atoms with van der Waals surface area (Å²) in [5.74, 6) is 0.807. The number of rotatable bonds is 3. The summed E-state index contributed by atoms with van der Waals surface area (Å²) < 4.78 is 0. The van der Waals surface area contributed by atoms with Crippen LogP contribution >= 0.6 is 23.4 Å². The molecule has 1 aromatic rings. The van der Waals surface area contributed by atoms with Crippen LogP contribution in [0.25, 0.3) is 0 Å². The molecule has 0 amide bonds. The predicted octanol–water partition coefficient (Wildman–Crippen LogP) is 2.54. The number of aromatic nitrogens is 2. The molecule has 1 unspecified atom stereocenters. The van der Waals surface area contributed by atoms with Gasteiger partial charge in [0, 0.05) is 18.8 Å². The maximum Gasteiger partial charge on any atom is 0.189 e. The first-order valence-corrected chi connectivity index (χ1v) is 5.58. The lowest BCUT2D eigenvalue weighted by atomic mass is 10.2. The Morgan fingerprint density at radius 1 is 1.62 bits per heavy atom. The van der Waals surface area contributed by atoms with Crippen molar-refractivity contribution < 1.29 is 0 Å². The van der Waals surface area contributed by atoms with Crippen molar-refractivity contribution >= 4 is 29.2 Å². The minimum Gasteiger partial charge on any atom is -0.373 e.